The number of carbonyl (C=O) groups is 2. The predicted octanol–water partition coefficient (Wildman–Crippen LogP) is 3.76. The minimum absolute atomic E-state index is 0.0000296. The maximum Gasteiger partial charge on any atom is 0.417 e. The highest BCUT2D eigenvalue weighted by atomic mass is 32.2. The Balaban J connectivity index is 1.67. The molecule has 2 aromatic rings. The average Bonchev–Trinajstić information content (AvgIpc) is 2.95. The highest BCUT2D eigenvalue weighted by Crippen LogP contribution is 2.31. The summed E-state index contributed by atoms with van der Waals surface area (Å²) in [7, 11) is 0. The van der Waals surface area contributed by atoms with E-state index in [0.717, 1.165) is 23.9 Å². The average molecular weight is 396 g/mol. The Morgan fingerprint density at radius 3 is 2.44 bits per heavy atom. The van der Waals surface area contributed by atoms with Crippen LogP contribution in [0.15, 0.2) is 47.6 Å². The molecule has 0 saturated carbocycles. The first kappa shape index (κ1) is 18.9. The molecular weight excluding hydrogens is 385 g/mol. The van der Waals surface area contributed by atoms with Gasteiger partial charge < -0.3 is 9.84 Å². The van der Waals surface area contributed by atoms with Gasteiger partial charge in [0.25, 0.3) is 5.91 Å². The van der Waals surface area contributed by atoms with Crippen LogP contribution in [0.5, 0.6) is 11.6 Å². The molecule has 3 rings (SSSR count). The van der Waals surface area contributed by atoms with Crippen molar-refractivity contribution < 1.29 is 32.6 Å². The first-order chi connectivity index (χ1) is 12.7. The standard InChI is InChI=1S/C17H11F3N2O4S/c18-17(19,20)10-3-6-13(21-8-10)26-11-4-1-9(2-5-11)16-22-15(25)12(27-16)7-14(23)24/h1-6,8,12H,7H2,(H,23,24)/t12-/m1/s1. The molecule has 1 aliphatic rings. The van der Waals surface area contributed by atoms with Crippen LogP contribution in [0.4, 0.5) is 13.2 Å². The third-order valence-electron chi connectivity index (χ3n) is 3.49. The summed E-state index contributed by atoms with van der Waals surface area (Å²) < 4.78 is 42.9. The topological polar surface area (TPSA) is 88.8 Å². The zero-order valence-corrected chi connectivity index (χ0v) is 14.3. The number of alkyl halides is 3. The van der Waals surface area contributed by atoms with Gasteiger partial charge in [-0.05, 0) is 30.3 Å². The van der Waals surface area contributed by atoms with Crippen LogP contribution in [0, 0.1) is 0 Å². The van der Waals surface area contributed by atoms with Crippen molar-refractivity contribution in [1.29, 1.82) is 0 Å². The Labute approximate surface area is 155 Å². The van der Waals surface area contributed by atoms with Crippen LogP contribution in [-0.2, 0) is 15.8 Å². The third kappa shape index (κ3) is 4.64. The van der Waals surface area contributed by atoms with Gasteiger partial charge in [0.2, 0.25) is 5.88 Å². The minimum atomic E-state index is -4.47. The molecule has 0 fully saturated rings. The molecule has 1 amide bonds. The molecule has 2 heterocycles. The number of aromatic nitrogens is 1. The molecule has 0 spiro atoms. The molecule has 1 atom stereocenters. The Bertz CT molecular complexity index is 896. The number of aliphatic imine (C=N–C) groups is 1. The van der Waals surface area contributed by atoms with Crippen LogP contribution >= 0.6 is 11.8 Å². The van der Waals surface area contributed by atoms with Gasteiger partial charge in [0.05, 0.1) is 12.0 Å². The number of carboxylic acids is 1. The van der Waals surface area contributed by atoms with Crippen molar-refractivity contribution in [1.82, 2.24) is 4.98 Å². The van der Waals surface area contributed by atoms with E-state index in [-0.39, 0.29) is 12.3 Å². The molecule has 1 N–H and O–H groups in total. The zero-order chi connectivity index (χ0) is 19.6. The fourth-order valence-corrected chi connectivity index (χ4v) is 3.26. The highest BCUT2D eigenvalue weighted by molar-refractivity contribution is 8.16. The predicted molar refractivity (Wildman–Crippen MR) is 90.9 cm³/mol. The quantitative estimate of drug-likeness (QED) is 0.828. The van der Waals surface area contributed by atoms with Crippen molar-refractivity contribution in [3.05, 3.63) is 53.7 Å². The second-order valence-corrected chi connectivity index (χ2v) is 6.66. The molecular formula is C17H11F3N2O4S. The van der Waals surface area contributed by atoms with Crippen LogP contribution in [0.1, 0.15) is 17.5 Å². The van der Waals surface area contributed by atoms with E-state index in [1.54, 1.807) is 24.3 Å². The third-order valence-corrected chi connectivity index (χ3v) is 4.69. The lowest BCUT2D eigenvalue weighted by molar-refractivity contribution is -0.138. The lowest BCUT2D eigenvalue weighted by Gasteiger charge is -2.08. The summed E-state index contributed by atoms with van der Waals surface area (Å²) in [4.78, 5) is 29.9. The first-order valence-electron chi connectivity index (χ1n) is 7.55. The fourth-order valence-electron chi connectivity index (χ4n) is 2.20. The normalized spacial score (nSPS) is 16.9. The number of aliphatic carboxylic acids is 1. The molecule has 6 nitrogen and oxygen atoms in total. The van der Waals surface area contributed by atoms with E-state index >= 15 is 0 Å². The summed E-state index contributed by atoms with van der Waals surface area (Å²) in [5, 5.41) is 8.45. The number of thioether (sulfide) groups is 1. The molecule has 1 aromatic carbocycles. The lowest BCUT2D eigenvalue weighted by Crippen LogP contribution is -2.15. The molecule has 1 aliphatic heterocycles. The van der Waals surface area contributed by atoms with Crippen LogP contribution in [0.25, 0.3) is 0 Å². The molecule has 0 unspecified atom stereocenters. The number of hydrogen-bond acceptors (Lipinski definition) is 5. The van der Waals surface area contributed by atoms with Gasteiger partial charge >= 0.3 is 12.1 Å². The monoisotopic (exact) mass is 396 g/mol. The molecule has 0 aliphatic carbocycles. The van der Waals surface area contributed by atoms with Gasteiger partial charge in [0, 0.05) is 17.8 Å². The summed E-state index contributed by atoms with van der Waals surface area (Å²) in [5.74, 6) is -1.24. The number of nitrogens with zero attached hydrogens (tertiary/aromatic N) is 2. The summed E-state index contributed by atoms with van der Waals surface area (Å²) in [6, 6.07) is 8.31. The highest BCUT2D eigenvalue weighted by Gasteiger charge is 2.31. The van der Waals surface area contributed by atoms with Crippen molar-refractivity contribution in [3.63, 3.8) is 0 Å². The van der Waals surface area contributed by atoms with Crippen LogP contribution < -0.4 is 4.74 Å². The number of rotatable bonds is 5. The largest absolute Gasteiger partial charge is 0.481 e. The van der Waals surface area contributed by atoms with Gasteiger partial charge in [-0.3, -0.25) is 9.59 Å². The van der Waals surface area contributed by atoms with E-state index < -0.39 is 28.9 Å². The van der Waals surface area contributed by atoms with E-state index in [1.165, 1.54) is 0 Å². The van der Waals surface area contributed by atoms with Crippen molar-refractivity contribution >= 4 is 28.7 Å². The summed E-state index contributed by atoms with van der Waals surface area (Å²) in [6.45, 7) is 0. The summed E-state index contributed by atoms with van der Waals surface area (Å²) in [5.41, 5.74) is -0.268. The van der Waals surface area contributed by atoms with Gasteiger partial charge in [0.1, 0.15) is 16.0 Å². The second-order valence-electron chi connectivity index (χ2n) is 5.47. The molecule has 27 heavy (non-hydrogen) atoms. The van der Waals surface area contributed by atoms with Crippen molar-refractivity contribution in [2.75, 3.05) is 0 Å². The molecule has 0 saturated heterocycles. The Kier molecular flexibility index (Phi) is 5.17. The number of hydrogen-bond donors (Lipinski definition) is 1. The lowest BCUT2D eigenvalue weighted by atomic mass is 10.2. The second kappa shape index (κ2) is 7.39. The number of carbonyl (C=O) groups excluding carboxylic acids is 1. The number of pyridine rings is 1. The van der Waals surface area contributed by atoms with E-state index in [2.05, 4.69) is 9.98 Å². The van der Waals surface area contributed by atoms with E-state index in [9.17, 15) is 22.8 Å². The van der Waals surface area contributed by atoms with Gasteiger partial charge in [0.15, 0.2) is 0 Å². The van der Waals surface area contributed by atoms with E-state index in [4.69, 9.17) is 9.84 Å². The van der Waals surface area contributed by atoms with Gasteiger partial charge in [-0.25, -0.2) is 9.98 Å². The molecule has 140 valence electrons. The summed E-state index contributed by atoms with van der Waals surface area (Å²) in [6.07, 6.45) is -4.10. The van der Waals surface area contributed by atoms with Crippen LogP contribution in [0.2, 0.25) is 0 Å². The van der Waals surface area contributed by atoms with E-state index in [0.29, 0.717) is 22.6 Å². The Morgan fingerprint density at radius 1 is 1.19 bits per heavy atom. The number of benzene rings is 1. The Morgan fingerprint density at radius 2 is 1.89 bits per heavy atom. The molecule has 1 aromatic heterocycles. The molecule has 0 bridgehead atoms. The fraction of sp³-hybridized carbons (Fsp3) is 0.176. The maximum atomic E-state index is 12.5. The number of amides is 1. The SMILES string of the molecule is O=C(O)C[C@H]1SC(c2ccc(Oc3ccc(C(F)(F)F)cn3)cc2)=NC1=O. The minimum Gasteiger partial charge on any atom is -0.481 e. The van der Waals surface area contributed by atoms with Crippen molar-refractivity contribution in [2.45, 2.75) is 17.8 Å². The van der Waals surface area contributed by atoms with Gasteiger partial charge in [-0.1, -0.05) is 11.8 Å². The maximum absolute atomic E-state index is 12.5. The van der Waals surface area contributed by atoms with Gasteiger partial charge in [-0.15, -0.1) is 0 Å². The Hall–Kier alpha value is -2.88. The number of ether oxygens (including phenoxy) is 1. The van der Waals surface area contributed by atoms with Crippen LogP contribution in [-0.4, -0.2) is 32.3 Å². The zero-order valence-electron chi connectivity index (χ0n) is 13.4. The smallest absolute Gasteiger partial charge is 0.417 e. The summed E-state index contributed by atoms with van der Waals surface area (Å²) >= 11 is 1.07. The molecule has 10 heteroatoms. The number of halogens is 3. The van der Waals surface area contributed by atoms with Crippen molar-refractivity contribution in [3.8, 4) is 11.6 Å². The first-order valence-corrected chi connectivity index (χ1v) is 8.43. The van der Waals surface area contributed by atoms with Crippen molar-refractivity contribution in [2.24, 2.45) is 4.99 Å². The van der Waals surface area contributed by atoms with E-state index in [1.807, 2.05) is 0 Å². The van der Waals surface area contributed by atoms with Gasteiger partial charge in [-0.2, -0.15) is 13.2 Å². The van der Waals surface area contributed by atoms with Crippen LogP contribution in [0.3, 0.4) is 0 Å². The number of carboxylic acid groups (broad SMARTS) is 1. The molecule has 0 radical (unpaired) electrons.